The molecule has 3 rings (SSSR count). The van der Waals surface area contributed by atoms with Crippen molar-refractivity contribution in [3.63, 3.8) is 0 Å². The number of rotatable bonds is 8. The lowest BCUT2D eigenvalue weighted by Crippen LogP contribution is -2.16. The summed E-state index contributed by atoms with van der Waals surface area (Å²) < 4.78 is 16.6. The molecule has 1 amide bonds. The van der Waals surface area contributed by atoms with E-state index in [1.165, 1.54) is 23.9 Å². The average molecular weight is 506 g/mol. The van der Waals surface area contributed by atoms with Crippen LogP contribution in [0, 0.1) is 11.7 Å². The molecule has 1 aromatic heterocycles. The summed E-state index contributed by atoms with van der Waals surface area (Å²) >= 11 is 4.49. The maximum atomic E-state index is 14.0. The fraction of sp³-hybridized carbons (Fsp3) is 0.318. The summed E-state index contributed by atoms with van der Waals surface area (Å²) in [6, 6.07) is 12.6. The van der Waals surface area contributed by atoms with Gasteiger partial charge in [-0.2, -0.15) is 0 Å². The fourth-order valence-electron chi connectivity index (χ4n) is 2.95. The standard InChI is InChI=1S/C22H25BrFN5OS/c1-14(2)12-29-21(15-5-8-17(9-6-15)28(3)4)26-27-22(29)31-13-20(30)25-19-10-7-16(23)11-18(19)24/h5-11,14H,12-13H2,1-4H3,(H,25,30). The highest BCUT2D eigenvalue weighted by atomic mass is 79.9. The Balaban J connectivity index is 1.75. The van der Waals surface area contributed by atoms with Gasteiger partial charge in [0.1, 0.15) is 5.82 Å². The summed E-state index contributed by atoms with van der Waals surface area (Å²) in [5, 5.41) is 12.0. The highest BCUT2D eigenvalue weighted by molar-refractivity contribution is 9.10. The number of nitrogens with one attached hydrogen (secondary N) is 1. The summed E-state index contributed by atoms with van der Waals surface area (Å²) in [5.41, 5.74) is 2.22. The van der Waals surface area contributed by atoms with Gasteiger partial charge in [0.05, 0.1) is 11.4 Å². The molecule has 0 bridgehead atoms. The van der Waals surface area contributed by atoms with Crippen LogP contribution in [-0.2, 0) is 11.3 Å². The summed E-state index contributed by atoms with van der Waals surface area (Å²) in [4.78, 5) is 14.4. The number of halogens is 2. The van der Waals surface area contributed by atoms with Crippen LogP contribution in [-0.4, -0.2) is 40.5 Å². The van der Waals surface area contributed by atoms with Crippen molar-refractivity contribution in [1.82, 2.24) is 14.8 Å². The summed E-state index contributed by atoms with van der Waals surface area (Å²) in [6.07, 6.45) is 0. The molecule has 0 saturated carbocycles. The molecule has 1 heterocycles. The van der Waals surface area contributed by atoms with Gasteiger partial charge >= 0.3 is 0 Å². The molecule has 0 atom stereocenters. The minimum atomic E-state index is -0.487. The van der Waals surface area contributed by atoms with Gasteiger partial charge in [0.25, 0.3) is 0 Å². The van der Waals surface area contributed by atoms with E-state index in [1.54, 1.807) is 6.07 Å². The molecular formula is C22H25BrFN5OS. The van der Waals surface area contributed by atoms with Crippen molar-refractivity contribution in [2.24, 2.45) is 5.92 Å². The van der Waals surface area contributed by atoms with Crippen LogP contribution in [0.1, 0.15) is 13.8 Å². The Morgan fingerprint density at radius 1 is 1.19 bits per heavy atom. The Morgan fingerprint density at radius 3 is 2.52 bits per heavy atom. The van der Waals surface area contributed by atoms with Crippen molar-refractivity contribution in [3.05, 3.63) is 52.8 Å². The summed E-state index contributed by atoms with van der Waals surface area (Å²) in [6.45, 7) is 4.97. The molecule has 0 spiro atoms. The number of amides is 1. The van der Waals surface area contributed by atoms with Crippen molar-refractivity contribution >= 4 is 45.0 Å². The molecular weight excluding hydrogens is 481 g/mol. The van der Waals surface area contributed by atoms with Crippen molar-refractivity contribution in [3.8, 4) is 11.4 Å². The topological polar surface area (TPSA) is 63.1 Å². The Morgan fingerprint density at radius 2 is 1.90 bits per heavy atom. The number of thioether (sulfide) groups is 1. The number of hydrogen-bond donors (Lipinski definition) is 1. The molecule has 0 aliphatic carbocycles. The highest BCUT2D eigenvalue weighted by Gasteiger charge is 2.17. The first-order chi connectivity index (χ1) is 14.7. The van der Waals surface area contributed by atoms with Gasteiger partial charge in [0.2, 0.25) is 5.91 Å². The van der Waals surface area contributed by atoms with E-state index < -0.39 is 5.82 Å². The van der Waals surface area contributed by atoms with Gasteiger partial charge in [0.15, 0.2) is 11.0 Å². The maximum Gasteiger partial charge on any atom is 0.234 e. The molecule has 2 aromatic carbocycles. The Kier molecular flexibility index (Phi) is 7.72. The molecule has 164 valence electrons. The SMILES string of the molecule is CC(C)Cn1c(SCC(=O)Nc2ccc(Br)cc2F)nnc1-c1ccc(N(C)C)cc1. The van der Waals surface area contributed by atoms with E-state index in [-0.39, 0.29) is 17.3 Å². The van der Waals surface area contributed by atoms with E-state index in [4.69, 9.17) is 0 Å². The van der Waals surface area contributed by atoms with E-state index in [0.717, 1.165) is 23.6 Å². The van der Waals surface area contributed by atoms with Gasteiger partial charge in [0, 0.05) is 36.4 Å². The third-order valence-electron chi connectivity index (χ3n) is 4.44. The summed E-state index contributed by atoms with van der Waals surface area (Å²) in [7, 11) is 3.99. The van der Waals surface area contributed by atoms with Gasteiger partial charge in [-0.3, -0.25) is 4.79 Å². The molecule has 0 saturated heterocycles. The quantitative estimate of drug-likeness (QED) is 0.420. The van der Waals surface area contributed by atoms with E-state index >= 15 is 0 Å². The van der Waals surface area contributed by atoms with Crippen LogP contribution in [0.2, 0.25) is 0 Å². The molecule has 0 radical (unpaired) electrons. The highest BCUT2D eigenvalue weighted by Crippen LogP contribution is 2.27. The number of benzene rings is 2. The van der Waals surface area contributed by atoms with Gasteiger partial charge in [-0.05, 0) is 48.4 Å². The molecule has 0 unspecified atom stereocenters. The van der Waals surface area contributed by atoms with E-state index in [9.17, 15) is 9.18 Å². The van der Waals surface area contributed by atoms with Gasteiger partial charge in [-0.1, -0.05) is 41.5 Å². The number of carbonyl (C=O) groups is 1. The van der Waals surface area contributed by atoms with E-state index in [2.05, 4.69) is 45.3 Å². The fourth-order valence-corrected chi connectivity index (χ4v) is 4.04. The first-order valence-corrected chi connectivity index (χ1v) is 11.6. The largest absolute Gasteiger partial charge is 0.378 e. The first-order valence-electron chi connectivity index (χ1n) is 9.83. The zero-order valence-electron chi connectivity index (χ0n) is 17.9. The second-order valence-electron chi connectivity index (χ2n) is 7.71. The van der Waals surface area contributed by atoms with Crippen LogP contribution in [0.4, 0.5) is 15.8 Å². The normalized spacial score (nSPS) is 11.1. The number of anilines is 2. The first kappa shape index (κ1) is 23.3. The molecule has 1 N–H and O–H groups in total. The van der Waals surface area contributed by atoms with Crippen molar-refractivity contribution in [1.29, 1.82) is 0 Å². The second-order valence-corrected chi connectivity index (χ2v) is 9.57. The lowest BCUT2D eigenvalue weighted by molar-refractivity contribution is -0.113. The lowest BCUT2D eigenvalue weighted by Gasteiger charge is -2.14. The Bertz CT molecular complexity index is 1050. The molecule has 0 aliphatic rings. The van der Waals surface area contributed by atoms with Crippen LogP contribution < -0.4 is 10.2 Å². The van der Waals surface area contributed by atoms with Crippen molar-refractivity contribution in [2.45, 2.75) is 25.5 Å². The zero-order valence-corrected chi connectivity index (χ0v) is 20.3. The van der Waals surface area contributed by atoms with E-state index in [1.807, 2.05) is 47.8 Å². The van der Waals surface area contributed by atoms with Crippen LogP contribution in [0.15, 0.2) is 52.1 Å². The van der Waals surface area contributed by atoms with Gasteiger partial charge < -0.3 is 14.8 Å². The van der Waals surface area contributed by atoms with E-state index in [0.29, 0.717) is 15.5 Å². The predicted octanol–water partition coefficient (Wildman–Crippen LogP) is 5.30. The van der Waals surface area contributed by atoms with Crippen molar-refractivity contribution in [2.75, 3.05) is 30.1 Å². The molecule has 0 fully saturated rings. The van der Waals surface area contributed by atoms with Crippen molar-refractivity contribution < 1.29 is 9.18 Å². The summed E-state index contributed by atoms with van der Waals surface area (Å²) in [5.74, 6) is 0.453. The number of carbonyl (C=O) groups excluding carboxylic acids is 1. The minimum absolute atomic E-state index is 0.102. The van der Waals surface area contributed by atoms with Gasteiger partial charge in [-0.25, -0.2) is 4.39 Å². The molecule has 31 heavy (non-hydrogen) atoms. The zero-order chi connectivity index (χ0) is 22.5. The minimum Gasteiger partial charge on any atom is -0.378 e. The molecule has 6 nitrogen and oxygen atoms in total. The predicted molar refractivity (Wildman–Crippen MR) is 128 cm³/mol. The average Bonchev–Trinajstić information content (AvgIpc) is 3.10. The molecule has 0 aliphatic heterocycles. The number of nitrogens with zero attached hydrogens (tertiary/aromatic N) is 4. The third-order valence-corrected chi connectivity index (χ3v) is 5.90. The maximum absolute atomic E-state index is 14.0. The molecule has 3 aromatic rings. The second kappa shape index (κ2) is 10.3. The number of hydrogen-bond acceptors (Lipinski definition) is 5. The van der Waals surface area contributed by atoms with Crippen LogP contribution in [0.25, 0.3) is 11.4 Å². The monoisotopic (exact) mass is 505 g/mol. The van der Waals surface area contributed by atoms with Crippen LogP contribution >= 0.6 is 27.7 Å². The van der Waals surface area contributed by atoms with Crippen LogP contribution in [0.3, 0.4) is 0 Å². The van der Waals surface area contributed by atoms with Crippen LogP contribution in [0.5, 0.6) is 0 Å². The molecule has 9 heteroatoms. The number of aromatic nitrogens is 3. The lowest BCUT2D eigenvalue weighted by atomic mass is 10.1. The smallest absolute Gasteiger partial charge is 0.234 e. The Labute approximate surface area is 194 Å². The third kappa shape index (κ3) is 6.07. The van der Waals surface area contributed by atoms with Gasteiger partial charge in [-0.15, -0.1) is 10.2 Å². The Hall–Kier alpha value is -2.39.